The highest BCUT2D eigenvalue weighted by atomic mass is 35.5. The van der Waals surface area contributed by atoms with Crippen molar-refractivity contribution in [1.82, 2.24) is 5.43 Å². The molecule has 0 saturated heterocycles. The van der Waals surface area contributed by atoms with E-state index in [-0.39, 0.29) is 27.2 Å². The maximum absolute atomic E-state index is 12.8. The second-order valence-corrected chi connectivity index (χ2v) is 8.10. The third-order valence-electron chi connectivity index (χ3n) is 3.71. The zero-order chi connectivity index (χ0) is 20.1. The average molecular weight is 412 g/mol. The van der Waals surface area contributed by atoms with Crippen LogP contribution in [0.5, 0.6) is 0 Å². The molecule has 0 aliphatic heterocycles. The highest BCUT2D eigenvalue weighted by Crippen LogP contribution is 2.38. The van der Waals surface area contributed by atoms with E-state index in [1.165, 1.54) is 0 Å². The Hall–Kier alpha value is -1.14. The van der Waals surface area contributed by atoms with Gasteiger partial charge in [0, 0.05) is 11.5 Å². The van der Waals surface area contributed by atoms with Crippen molar-refractivity contribution in [2.24, 2.45) is 10.4 Å². The average Bonchev–Trinajstić information content (AvgIpc) is 2.48. The second kappa shape index (κ2) is 9.18. The predicted octanol–water partition coefficient (Wildman–Crippen LogP) is 6.95. The van der Waals surface area contributed by atoms with Crippen molar-refractivity contribution in [1.29, 1.82) is 0 Å². The first-order chi connectivity index (χ1) is 11.9. The van der Waals surface area contributed by atoms with E-state index >= 15 is 0 Å². The molecule has 148 valence electrons. The van der Waals surface area contributed by atoms with Gasteiger partial charge in [0.2, 0.25) is 0 Å². The number of amidine groups is 1. The molecule has 0 radical (unpaired) electrons. The van der Waals surface area contributed by atoms with Crippen molar-refractivity contribution in [3.63, 3.8) is 0 Å². The summed E-state index contributed by atoms with van der Waals surface area (Å²) in [6.07, 6.45) is -1.38. The zero-order valence-corrected chi connectivity index (χ0v) is 17.2. The molecule has 8 heteroatoms. The lowest BCUT2D eigenvalue weighted by Crippen LogP contribution is -2.39. The second-order valence-electron chi connectivity index (χ2n) is 7.28. The van der Waals surface area contributed by atoms with Gasteiger partial charge in [-0.3, -0.25) is 15.8 Å². The summed E-state index contributed by atoms with van der Waals surface area (Å²) in [7, 11) is 0. The van der Waals surface area contributed by atoms with Gasteiger partial charge in [0.05, 0.1) is 21.3 Å². The van der Waals surface area contributed by atoms with Gasteiger partial charge >= 0.3 is 6.18 Å². The van der Waals surface area contributed by atoms with Crippen LogP contribution in [0.4, 0.5) is 18.9 Å². The molecular formula is C18H26Cl2F3N3. The Bertz CT molecular complexity index is 615. The van der Waals surface area contributed by atoms with Gasteiger partial charge in [-0.05, 0) is 25.5 Å². The van der Waals surface area contributed by atoms with Crippen LogP contribution in [-0.2, 0) is 6.18 Å². The molecule has 0 bridgehead atoms. The standard InChI is InChI=1S/C18H26Cl2F3N3/c1-6-7-8-11(2)24-16(17(3,4)5)26-25-15-13(19)9-12(10-14(15)20)18(21,22)23/h9-11,25H,6-8H2,1-5H3,(H,24,26). The molecule has 0 aliphatic carbocycles. The third-order valence-corrected chi connectivity index (χ3v) is 4.31. The Kier molecular flexibility index (Phi) is 8.08. The zero-order valence-electron chi connectivity index (χ0n) is 15.7. The van der Waals surface area contributed by atoms with Crippen LogP contribution in [-0.4, -0.2) is 11.9 Å². The molecule has 26 heavy (non-hydrogen) atoms. The summed E-state index contributed by atoms with van der Waals surface area (Å²) in [4.78, 5) is 4.69. The smallest absolute Gasteiger partial charge is 0.297 e. The summed E-state index contributed by atoms with van der Waals surface area (Å²) in [6.45, 7) is 10.1. The van der Waals surface area contributed by atoms with E-state index in [1.807, 2.05) is 27.7 Å². The Balaban J connectivity index is 3.01. The van der Waals surface area contributed by atoms with E-state index in [9.17, 15) is 13.2 Å². The molecule has 0 saturated carbocycles. The number of rotatable bonds is 6. The van der Waals surface area contributed by atoms with E-state index in [1.54, 1.807) is 0 Å². The Labute approximate surface area is 163 Å². The van der Waals surface area contributed by atoms with Crippen molar-refractivity contribution in [2.75, 3.05) is 5.43 Å². The van der Waals surface area contributed by atoms with Gasteiger partial charge in [0.25, 0.3) is 0 Å². The van der Waals surface area contributed by atoms with Gasteiger partial charge in [-0.2, -0.15) is 13.2 Å². The fraction of sp³-hybridized carbons (Fsp3) is 0.611. The molecular weight excluding hydrogens is 386 g/mol. The SMILES string of the molecule is CCCCC(C)N=C(NNc1c(Cl)cc(C(F)(F)F)cc1Cl)C(C)(C)C. The van der Waals surface area contributed by atoms with E-state index in [4.69, 9.17) is 28.2 Å². The highest BCUT2D eigenvalue weighted by molar-refractivity contribution is 6.39. The van der Waals surface area contributed by atoms with E-state index in [0.29, 0.717) is 5.84 Å². The van der Waals surface area contributed by atoms with Crippen LogP contribution in [0, 0.1) is 5.41 Å². The fourth-order valence-electron chi connectivity index (χ4n) is 2.18. The number of hydrazine groups is 1. The number of benzene rings is 1. The lowest BCUT2D eigenvalue weighted by molar-refractivity contribution is -0.137. The fourth-order valence-corrected chi connectivity index (χ4v) is 2.76. The Morgan fingerprint density at radius 3 is 2.12 bits per heavy atom. The van der Waals surface area contributed by atoms with Crippen molar-refractivity contribution in [3.8, 4) is 0 Å². The minimum atomic E-state index is -4.51. The topological polar surface area (TPSA) is 36.4 Å². The molecule has 0 aromatic heterocycles. The van der Waals surface area contributed by atoms with Crippen LogP contribution in [0.15, 0.2) is 17.1 Å². The first kappa shape index (κ1) is 22.9. The number of hydrogen-bond donors (Lipinski definition) is 2. The van der Waals surface area contributed by atoms with Gasteiger partial charge in [0.15, 0.2) is 0 Å². The number of hydrogen-bond acceptors (Lipinski definition) is 2. The van der Waals surface area contributed by atoms with Crippen molar-refractivity contribution < 1.29 is 13.2 Å². The molecule has 1 aromatic carbocycles. The molecule has 1 aromatic rings. The van der Waals surface area contributed by atoms with Crippen LogP contribution >= 0.6 is 23.2 Å². The maximum Gasteiger partial charge on any atom is 0.416 e. The number of alkyl halides is 3. The summed E-state index contributed by atoms with van der Waals surface area (Å²) in [5.41, 5.74) is 4.78. The number of nitrogens with one attached hydrogen (secondary N) is 2. The van der Waals surface area contributed by atoms with E-state index < -0.39 is 11.7 Å². The summed E-state index contributed by atoms with van der Waals surface area (Å²) in [5, 5.41) is -0.241. The largest absolute Gasteiger partial charge is 0.416 e. The summed E-state index contributed by atoms with van der Waals surface area (Å²) < 4.78 is 38.5. The van der Waals surface area contributed by atoms with Crippen molar-refractivity contribution in [2.45, 2.75) is 66.1 Å². The normalized spacial score (nSPS) is 14.3. The van der Waals surface area contributed by atoms with Gasteiger partial charge < -0.3 is 0 Å². The first-order valence-corrected chi connectivity index (χ1v) is 9.28. The van der Waals surface area contributed by atoms with Gasteiger partial charge in [-0.1, -0.05) is 63.7 Å². The van der Waals surface area contributed by atoms with Crippen LogP contribution in [0.25, 0.3) is 0 Å². The number of anilines is 1. The molecule has 1 rings (SSSR count). The van der Waals surface area contributed by atoms with Crippen LogP contribution in [0.1, 0.15) is 59.4 Å². The van der Waals surface area contributed by atoms with Crippen molar-refractivity contribution in [3.05, 3.63) is 27.7 Å². The monoisotopic (exact) mass is 411 g/mol. The number of unbranched alkanes of at least 4 members (excludes halogenated alkanes) is 1. The summed E-state index contributed by atoms with van der Waals surface area (Å²) >= 11 is 12.0. The van der Waals surface area contributed by atoms with Crippen LogP contribution in [0.2, 0.25) is 10.0 Å². The first-order valence-electron chi connectivity index (χ1n) is 8.52. The molecule has 0 fully saturated rings. The number of halogens is 5. The predicted molar refractivity (Wildman–Crippen MR) is 104 cm³/mol. The van der Waals surface area contributed by atoms with E-state index in [0.717, 1.165) is 31.4 Å². The van der Waals surface area contributed by atoms with Crippen LogP contribution in [0.3, 0.4) is 0 Å². The summed E-state index contributed by atoms with van der Waals surface area (Å²) in [6, 6.07) is 1.81. The lowest BCUT2D eigenvalue weighted by atomic mass is 9.95. The van der Waals surface area contributed by atoms with Gasteiger partial charge in [-0.25, -0.2) is 0 Å². The van der Waals surface area contributed by atoms with Crippen molar-refractivity contribution >= 4 is 34.7 Å². The molecule has 3 nitrogen and oxygen atoms in total. The van der Waals surface area contributed by atoms with Gasteiger partial charge in [-0.15, -0.1) is 0 Å². The quantitative estimate of drug-likeness (QED) is 0.301. The third kappa shape index (κ3) is 6.88. The van der Waals surface area contributed by atoms with E-state index in [2.05, 4.69) is 17.8 Å². The van der Waals surface area contributed by atoms with Crippen LogP contribution < -0.4 is 10.9 Å². The molecule has 1 atom stereocenters. The Morgan fingerprint density at radius 1 is 1.15 bits per heavy atom. The molecule has 1 unspecified atom stereocenters. The number of nitrogens with zero attached hydrogens (tertiary/aromatic N) is 1. The van der Waals surface area contributed by atoms with Gasteiger partial charge in [0.1, 0.15) is 5.84 Å². The molecule has 0 heterocycles. The Morgan fingerprint density at radius 2 is 1.69 bits per heavy atom. The maximum atomic E-state index is 12.8. The molecule has 0 spiro atoms. The highest BCUT2D eigenvalue weighted by Gasteiger charge is 2.32. The lowest BCUT2D eigenvalue weighted by Gasteiger charge is -2.26. The summed E-state index contributed by atoms with van der Waals surface area (Å²) in [5.74, 6) is 0.674. The molecule has 2 N–H and O–H groups in total. The minimum absolute atomic E-state index is 0.121. The number of aliphatic imine (C=N–C) groups is 1. The minimum Gasteiger partial charge on any atom is -0.297 e. The molecule has 0 aliphatic rings. The molecule has 0 amide bonds.